The van der Waals surface area contributed by atoms with Gasteiger partial charge in [-0.25, -0.2) is 0 Å². The van der Waals surface area contributed by atoms with Crippen LogP contribution in [0.2, 0.25) is 0 Å². The van der Waals surface area contributed by atoms with Crippen LogP contribution in [0.3, 0.4) is 0 Å². The zero-order valence-electron chi connectivity index (χ0n) is 20.6. The fraction of sp³-hybridized carbons (Fsp3) is 0.480. The van der Waals surface area contributed by atoms with Crippen LogP contribution in [0.25, 0.3) is 0 Å². The number of aromatic amines is 1. The minimum absolute atomic E-state index is 0.00794. The molecule has 0 bridgehead atoms. The van der Waals surface area contributed by atoms with Crippen LogP contribution in [0, 0.1) is 11.3 Å². The van der Waals surface area contributed by atoms with Gasteiger partial charge in [0.25, 0.3) is 5.91 Å². The van der Waals surface area contributed by atoms with Crippen LogP contribution in [0.4, 0.5) is 0 Å². The Labute approximate surface area is 218 Å². The second-order valence-electron chi connectivity index (χ2n) is 9.55. The zero-order chi connectivity index (χ0) is 25.3. The highest BCUT2D eigenvalue weighted by molar-refractivity contribution is 7.15. The Morgan fingerprint density at radius 2 is 2.22 bits per heavy atom. The minimum atomic E-state index is -0.602. The summed E-state index contributed by atoms with van der Waals surface area (Å²) in [7, 11) is 3.57. The summed E-state index contributed by atoms with van der Waals surface area (Å²) in [4.78, 5) is 19.7. The Hall–Kier alpha value is -3.07. The summed E-state index contributed by atoms with van der Waals surface area (Å²) < 4.78 is 0. The van der Waals surface area contributed by atoms with Gasteiger partial charge in [0.2, 0.25) is 0 Å². The van der Waals surface area contributed by atoms with Gasteiger partial charge >= 0.3 is 0 Å². The maximum atomic E-state index is 12.9. The van der Waals surface area contributed by atoms with E-state index < -0.39 is 5.41 Å². The van der Waals surface area contributed by atoms with Crippen LogP contribution in [0.5, 0.6) is 0 Å². The molecule has 0 saturated carbocycles. The number of nitrogens with zero attached hydrogens (tertiary/aromatic N) is 6. The van der Waals surface area contributed by atoms with Crippen molar-refractivity contribution in [2.24, 2.45) is 0 Å². The molecule has 3 aromatic rings. The van der Waals surface area contributed by atoms with E-state index in [2.05, 4.69) is 61.0 Å². The zero-order valence-corrected chi connectivity index (χ0v) is 22.2. The third-order valence-electron chi connectivity index (χ3n) is 7.15. The van der Waals surface area contributed by atoms with Crippen LogP contribution in [0.1, 0.15) is 55.6 Å². The molecule has 1 fully saturated rings. The Morgan fingerprint density at radius 1 is 1.39 bits per heavy atom. The number of rotatable bonds is 8. The van der Waals surface area contributed by atoms with Gasteiger partial charge in [0.05, 0.1) is 10.9 Å². The molecule has 0 radical (unpaired) electrons. The van der Waals surface area contributed by atoms with E-state index in [-0.39, 0.29) is 11.9 Å². The standard InChI is InChI=1S/C25H30N8OS2/c1-16(33-11-4-5-19(33)14-26)15-27-10-9-25(24-28-30-31-29-24)21-17(8-12-35-21)6-7-18-13-20(36-22(18)25)23(34)32(2)3/h8,12-13,19,27H,1,4-7,9-11,15H2,2-3H3,(H,28,29,30,31). The molecule has 9 nitrogen and oxygen atoms in total. The second-order valence-corrected chi connectivity index (χ2v) is 11.5. The lowest BCUT2D eigenvalue weighted by atomic mass is 9.78. The van der Waals surface area contributed by atoms with Gasteiger partial charge < -0.3 is 15.1 Å². The van der Waals surface area contributed by atoms with Gasteiger partial charge in [-0.05, 0) is 67.3 Å². The second kappa shape index (κ2) is 10.1. The van der Waals surface area contributed by atoms with Crippen LogP contribution >= 0.6 is 22.7 Å². The van der Waals surface area contributed by atoms with Crippen molar-refractivity contribution in [3.8, 4) is 6.07 Å². The summed E-state index contributed by atoms with van der Waals surface area (Å²) in [6, 6.07) is 6.56. The number of aryl methyl sites for hydroxylation is 2. The lowest BCUT2D eigenvalue weighted by Crippen LogP contribution is -2.37. The van der Waals surface area contributed by atoms with Crippen molar-refractivity contribution in [3.63, 3.8) is 0 Å². The largest absolute Gasteiger partial charge is 0.358 e. The maximum Gasteiger partial charge on any atom is 0.263 e. The quantitative estimate of drug-likeness (QED) is 0.437. The van der Waals surface area contributed by atoms with Gasteiger partial charge in [-0.1, -0.05) is 11.8 Å². The highest BCUT2D eigenvalue weighted by Crippen LogP contribution is 2.50. The van der Waals surface area contributed by atoms with Crippen LogP contribution < -0.4 is 5.32 Å². The molecular weight excluding hydrogens is 492 g/mol. The molecule has 1 aliphatic heterocycles. The summed E-state index contributed by atoms with van der Waals surface area (Å²) in [6.07, 6.45) is 4.40. The molecule has 1 amide bonds. The SMILES string of the molecule is C=C(CNCCC1(c2nn[nH]n2)c2sccc2CCc2cc(C(=O)N(C)C)sc21)N1CCCC1C#N. The predicted molar refractivity (Wildman–Crippen MR) is 140 cm³/mol. The molecule has 2 aliphatic rings. The molecule has 2 atom stereocenters. The third kappa shape index (κ3) is 4.23. The predicted octanol–water partition coefficient (Wildman–Crippen LogP) is 2.94. The van der Waals surface area contributed by atoms with Gasteiger partial charge in [0.1, 0.15) is 11.5 Å². The van der Waals surface area contributed by atoms with Gasteiger partial charge in [-0.3, -0.25) is 4.79 Å². The smallest absolute Gasteiger partial charge is 0.263 e. The highest BCUT2D eigenvalue weighted by Gasteiger charge is 2.47. The van der Waals surface area contributed by atoms with E-state index >= 15 is 0 Å². The Morgan fingerprint density at radius 3 is 2.97 bits per heavy atom. The minimum Gasteiger partial charge on any atom is -0.358 e. The number of hydrogen-bond donors (Lipinski definition) is 2. The van der Waals surface area contributed by atoms with Crippen molar-refractivity contribution < 1.29 is 4.79 Å². The Bertz CT molecular complexity index is 1290. The first-order valence-corrected chi connectivity index (χ1v) is 13.9. The van der Waals surface area contributed by atoms with Crippen molar-refractivity contribution in [2.45, 2.75) is 43.6 Å². The van der Waals surface area contributed by atoms with Crippen LogP contribution in [0.15, 0.2) is 29.8 Å². The van der Waals surface area contributed by atoms with Crippen molar-refractivity contribution in [1.29, 1.82) is 5.26 Å². The fourth-order valence-corrected chi connectivity index (χ4v) is 8.06. The van der Waals surface area contributed by atoms with Crippen molar-refractivity contribution in [1.82, 2.24) is 35.7 Å². The number of H-pyrrole nitrogens is 1. The average molecular weight is 523 g/mol. The molecule has 188 valence electrons. The van der Waals surface area contributed by atoms with E-state index in [0.29, 0.717) is 25.3 Å². The monoisotopic (exact) mass is 522 g/mol. The number of nitriles is 1. The third-order valence-corrected chi connectivity index (χ3v) is 9.60. The van der Waals surface area contributed by atoms with Gasteiger partial charge in [-0.15, -0.1) is 32.9 Å². The Balaban J connectivity index is 1.47. The molecule has 0 spiro atoms. The normalized spacial score (nSPS) is 20.9. The van der Waals surface area contributed by atoms with Gasteiger partial charge in [0, 0.05) is 42.6 Å². The lowest BCUT2D eigenvalue weighted by Gasteiger charge is -2.31. The van der Waals surface area contributed by atoms with Crippen molar-refractivity contribution in [2.75, 3.05) is 33.7 Å². The number of nitrogens with one attached hydrogen (secondary N) is 2. The summed E-state index contributed by atoms with van der Waals surface area (Å²) in [5.74, 6) is 0.637. The summed E-state index contributed by atoms with van der Waals surface area (Å²) in [5, 5.41) is 30.7. The van der Waals surface area contributed by atoms with E-state index in [0.717, 1.165) is 47.7 Å². The van der Waals surface area contributed by atoms with Crippen LogP contribution in [-0.2, 0) is 18.3 Å². The van der Waals surface area contributed by atoms with E-state index in [9.17, 15) is 10.1 Å². The molecule has 1 saturated heterocycles. The van der Waals surface area contributed by atoms with E-state index in [1.54, 1.807) is 41.7 Å². The number of aromatic nitrogens is 4. The number of amides is 1. The molecule has 0 aromatic carbocycles. The first-order chi connectivity index (χ1) is 17.5. The lowest BCUT2D eigenvalue weighted by molar-refractivity contribution is 0.0832. The van der Waals surface area contributed by atoms with E-state index in [1.165, 1.54) is 16.0 Å². The molecular formula is C25H30N8OS2. The van der Waals surface area contributed by atoms with E-state index in [1.807, 2.05) is 0 Å². The molecule has 4 heterocycles. The number of thiophene rings is 2. The highest BCUT2D eigenvalue weighted by atomic mass is 32.1. The number of carbonyl (C=O) groups is 1. The average Bonchev–Trinajstić information content (AvgIpc) is 3.68. The fourth-order valence-electron chi connectivity index (χ4n) is 5.36. The van der Waals surface area contributed by atoms with Gasteiger partial charge in [0.15, 0.2) is 5.82 Å². The van der Waals surface area contributed by atoms with E-state index in [4.69, 9.17) is 0 Å². The Kier molecular flexibility index (Phi) is 6.92. The van der Waals surface area contributed by atoms with Gasteiger partial charge in [-0.2, -0.15) is 10.5 Å². The van der Waals surface area contributed by atoms with Crippen LogP contribution in [-0.4, -0.2) is 76.1 Å². The molecule has 5 rings (SSSR count). The number of fused-ring (bicyclic) bond motifs is 2. The maximum absolute atomic E-state index is 12.9. The van der Waals surface area contributed by atoms with Crippen molar-refractivity contribution in [3.05, 3.63) is 61.4 Å². The molecule has 2 N–H and O–H groups in total. The summed E-state index contributed by atoms with van der Waals surface area (Å²) in [5.41, 5.74) is 2.82. The number of tetrazole rings is 1. The molecule has 36 heavy (non-hydrogen) atoms. The number of hydrogen-bond acceptors (Lipinski definition) is 9. The topological polar surface area (TPSA) is 114 Å². The molecule has 3 aromatic heterocycles. The summed E-state index contributed by atoms with van der Waals surface area (Å²) in [6.45, 7) is 6.41. The first-order valence-electron chi connectivity index (χ1n) is 12.2. The molecule has 1 aliphatic carbocycles. The van der Waals surface area contributed by atoms with Crippen molar-refractivity contribution >= 4 is 28.6 Å². The molecule has 11 heteroatoms. The molecule has 2 unspecified atom stereocenters. The number of carbonyl (C=O) groups excluding carboxylic acids is 1. The number of likely N-dealkylation sites (tertiary alicyclic amines) is 1. The summed E-state index contributed by atoms with van der Waals surface area (Å²) >= 11 is 3.27. The first kappa shape index (κ1) is 24.6.